The molecule has 0 aliphatic heterocycles. The normalized spacial score (nSPS) is 11.6. The fourth-order valence-corrected chi connectivity index (χ4v) is 2.70. The van der Waals surface area contributed by atoms with E-state index in [0.29, 0.717) is 5.39 Å². The largest absolute Gasteiger partial charge is 0.506 e. The number of phenols is 2. The van der Waals surface area contributed by atoms with E-state index < -0.39 is 15.0 Å². The van der Waals surface area contributed by atoms with Crippen LogP contribution in [-0.4, -0.2) is 52.7 Å². The Morgan fingerprint density at radius 1 is 0.840 bits per heavy atom. The summed E-state index contributed by atoms with van der Waals surface area (Å²) in [4.78, 5) is -0.420. The molecule has 0 atom stereocenters. The molecule has 0 saturated carbocycles. The molecule has 3 rings (SSSR count). The third-order valence-electron chi connectivity index (χ3n) is 3.38. The Morgan fingerprint density at radius 3 is 2.24 bits per heavy atom. The fraction of sp³-hybridized carbons (Fsp3) is 0. The van der Waals surface area contributed by atoms with Gasteiger partial charge in [0.05, 0.1) is 4.90 Å². The number of benzene rings is 3. The van der Waals surface area contributed by atoms with Crippen LogP contribution in [0.5, 0.6) is 11.5 Å². The number of phenolic OH excluding ortho intramolecular Hbond substituents is 2. The van der Waals surface area contributed by atoms with Crippen molar-refractivity contribution in [2.24, 2.45) is 10.2 Å². The molecule has 0 unspecified atom stereocenters. The summed E-state index contributed by atoms with van der Waals surface area (Å²) in [5.41, 5.74) is 0.0298. The first-order chi connectivity index (χ1) is 11.4. The molecule has 0 heterocycles. The molecule has 9 heteroatoms. The van der Waals surface area contributed by atoms with E-state index >= 15 is 0 Å². The molecule has 0 fully saturated rings. The van der Waals surface area contributed by atoms with Crippen LogP contribution in [0.3, 0.4) is 0 Å². The van der Waals surface area contributed by atoms with Gasteiger partial charge in [-0.25, -0.2) is 0 Å². The van der Waals surface area contributed by atoms with Gasteiger partial charge in [-0.15, -0.1) is 10.2 Å². The number of hydrogen-bond donors (Lipinski definition) is 3. The van der Waals surface area contributed by atoms with Gasteiger partial charge in [0.1, 0.15) is 22.9 Å². The van der Waals surface area contributed by atoms with Crippen LogP contribution in [0.25, 0.3) is 10.8 Å². The summed E-state index contributed by atoms with van der Waals surface area (Å²) in [6.45, 7) is 0. The van der Waals surface area contributed by atoms with Crippen molar-refractivity contribution in [3.05, 3.63) is 54.6 Å². The van der Waals surface area contributed by atoms with Gasteiger partial charge in [0.25, 0.3) is 10.1 Å². The van der Waals surface area contributed by atoms with Crippen LogP contribution >= 0.6 is 0 Å². The fourth-order valence-electron chi connectivity index (χ4n) is 2.20. The third kappa shape index (κ3) is 4.17. The van der Waals surface area contributed by atoms with Crippen molar-refractivity contribution in [3.63, 3.8) is 0 Å². The van der Waals surface area contributed by atoms with Gasteiger partial charge in [-0.1, -0.05) is 30.3 Å². The Morgan fingerprint density at radius 2 is 1.52 bits per heavy atom. The van der Waals surface area contributed by atoms with Gasteiger partial charge in [0.2, 0.25) is 0 Å². The summed E-state index contributed by atoms with van der Waals surface area (Å²) in [6.07, 6.45) is 0. The number of rotatable bonds is 3. The van der Waals surface area contributed by atoms with E-state index in [1.165, 1.54) is 6.07 Å². The van der Waals surface area contributed by atoms with Crippen molar-refractivity contribution in [1.82, 2.24) is 0 Å². The molecule has 1 radical (unpaired) electrons. The standard InChI is InChI=1S/C16H12N2O5S.Na/c19-14-8-6-11(24(21,22)23)9-13(14)17-18-16-12-4-2-1-3-10(12)5-7-15(16)20;/h1-9,19-20H,(H,21,22,23);. The third-order valence-corrected chi connectivity index (χ3v) is 4.23. The Bertz CT molecular complexity index is 1070. The SMILES string of the molecule is O=S(=O)(O)c1ccc(O)c(N=Nc2c(O)ccc3ccccc23)c1.[Na]. The topological polar surface area (TPSA) is 120 Å². The van der Waals surface area contributed by atoms with Gasteiger partial charge >= 0.3 is 0 Å². The van der Waals surface area contributed by atoms with Crippen molar-refractivity contribution < 1.29 is 23.2 Å². The van der Waals surface area contributed by atoms with Gasteiger partial charge < -0.3 is 10.2 Å². The van der Waals surface area contributed by atoms with E-state index in [2.05, 4.69) is 10.2 Å². The van der Waals surface area contributed by atoms with Crippen LogP contribution in [0.15, 0.2) is 69.7 Å². The van der Waals surface area contributed by atoms with Gasteiger partial charge in [0.15, 0.2) is 0 Å². The maximum absolute atomic E-state index is 11.2. The second-order valence-corrected chi connectivity index (χ2v) is 6.40. The zero-order valence-corrected chi connectivity index (χ0v) is 16.0. The predicted molar refractivity (Wildman–Crippen MR) is 93.5 cm³/mol. The van der Waals surface area contributed by atoms with Crippen molar-refractivity contribution in [2.45, 2.75) is 4.90 Å². The number of aromatic hydroxyl groups is 2. The van der Waals surface area contributed by atoms with Crippen LogP contribution in [0.2, 0.25) is 0 Å². The van der Waals surface area contributed by atoms with Crippen LogP contribution in [-0.2, 0) is 10.1 Å². The molecular weight excluding hydrogens is 355 g/mol. The maximum atomic E-state index is 11.2. The molecule has 0 spiro atoms. The Hall–Kier alpha value is -1.97. The van der Waals surface area contributed by atoms with Gasteiger partial charge in [-0.3, -0.25) is 4.55 Å². The van der Waals surface area contributed by atoms with Crippen molar-refractivity contribution in [2.75, 3.05) is 0 Å². The van der Waals surface area contributed by atoms with Gasteiger partial charge in [-0.2, -0.15) is 8.42 Å². The van der Waals surface area contributed by atoms with Crippen LogP contribution in [0, 0.1) is 0 Å². The molecule has 3 aromatic rings. The van der Waals surface area contributed by atoms with Gasteiger partial charge in [-0.05, 0) is 29.7 Å². The van der Waals surface area contributed by atoms with Crippen LogP contribution in [0.1, 0.15) is 0 Å². The molecule has 0 aliphatic rings. The molecule has 0 bridgehead atoms. The molecule has 0 aromatic heterocycles. The molecule has 3 N–H and O–H groups in total. The summed E-state index contributed by atoms with van der Waals surface area (Å²) in [7, 11) is -4.43. The number of nitrogens with zero attached hydrogens (tertiary/aromatic N) is 2. The first kappa shape index (κ1) is 19.4. The minimum atomic E-state index is -4.43. The van der Waals surface area contributed by atoms with E-state index in [0.717, 1.165) is 23.6 Å². The van der Waals surface area contributed by atoms with Crippen molar-refractivity contribution >= 4 is 61.8 Å². The Labute approximate surface area is 165 Å². The molecule has 3 aromatic carbocycles. The molecule has 0 amide bonds. The Balaban J connectivity index is 0.00000225. The molecule has 123 valence electrons. The quantitative estimate of drug-likeness (QED) is 0.372. The molecule has 0 aliphatic carbocycles. The number of fused-ring (bicyclic) bond motifs is 1. The second-order valence-electron chi connectivity index (χ2n) is 4.98. The zero-order valence-electron chi connectivity index (χ0n) is 13.2. The maximum Gasteiger partial charge on any atom is 0.294 e. The Kier molecular flexibility index (Phi) is 5.81. The minimum absolute atomic E-state index is 0. The van der Waals surface area contributed by atoms with Gasteiger partial charge in [0, 0.05) is 34.9 Å². The number of azo groups is 1. The summed E-state index contributed by atoms with van der Waals surface area (Å²) in [6, 6.07) is 13.5. The van der Waals surface area contributed by atoms with E-state index in [1.807, 2.05) is 12.1 Å². The van der Waals surface area contributed by atoms with Crippen LogP contribution in [0.4, 0.5) is 11.4 Å². The second kappa shape index (κ2) is 7.51. The zero-order chi connectivity index (χ0) is 17.3. The van der Waals surface area contributed by atoms with E-state index in [4.69, 9.17) is 4.55 Å². The minimum Gasteiger partial charge on any atom is -0.506 e. The van der Waals surface area contributed by atoms with Crippen LogP contribution < -0.4 is 0 Å². The molecular formula is C16H12N2NaO5S. The molecule has 7 nitrogen and oxygen atoms in total. The summed E-state index contributed by atoms with van der Waals surface area (Å²) >= 11 is 0. The van der Waals surface area contributed by atoms with E-state index in [1.54, 1.807) is 18.2 Å². The average molecular weight is 367 g/mol. The summed E-state index contributed by atoms with van der Waals surface area (Å²) < 4.78 is 31.4. The smallest absolute Gasteiger partial charge is 0.294 e. The first-order valence-corrected chi connectivity index (χ1v) is 8.23. The predicted octanol–water partition coefficient (Wildman–Crippen LogP) is 3.53. The summed E-state index contributed by atoms with van der Waals surface area (Å²) in [5, 5.41) is 29.0. The molecule has 0 saturated heterocycles. The molecule has 25 heavy (non-hydrogen) atoms. The first-order valence-electron chi connectivity index (χ1n) is 6.79. The summed E-state index contributed by atoms with van der Waals surface area (Å²) in [5.74, 6) is -0.422. The monoisotopic (exact) mass is 367 g/mol. The average Bonchev–Trinajstić information content (AvgIpc) is 2.54. The number of hydrogen-bond acceptors (Lipinski definition) is 6. The van der Waals surface area contributed by atoms with Crippen molar-refractivity contribution in [1.29, 1.82) is 0 Å². The van der Waals surface area contributed by atoms with E-state index in [9.17, 15) is 18.6 Å². The van der Waals surface area contributed by atoms with E-state index in [-0.39, 0.29) is 52.4 Å². The van der Waals surface area contributed by atoms with Crippen molar-refractivity contribution in [3.8, 4) is 11.5 Å².